The third-order valence-corrected chi connectivity index (χ3v) is 3.74. The van der Waals surface area contributed by atoms with E-state index in [-0.39, 0.29) is 6.04 Å². The summed E-state index contributed by atoms with van der Waals surface area (Å²) in [6, 6.07) is 19.2. The molecule has 2 aromatic carbocycles. The Kier molecular flexibility index (Phi) is 5.20. The zero-order valence-electron chi connectivity index (χ0n) is 13.5. The summed E-state index contributed by atoms with van der Waals surface area (Å²) in [5.41, 5.74) is 4.77. The van der Waals surface area contributed by atoms with E-state index in [4.69, 9.17) is 4.84 Å². The third-order valence-electron chi connectivity index (χ3n) is 3.74. The molecule has 3 rings (SSSR count). The van der Waals surface area contributed by atoms with Gasteiger partial charge in [-0.3, -0.25) is 0 Å². The van der Waals surface area contributed by atoms with Gasteiger partial charge in [0.15, 0.2) is 0 Å². The average molecular weight is 324 g/mol. The van der Waals surface area contributed by atoms with Crippen molar-refractivity contribution in [3.8, 4) is 0 Å². The molecule has 24 heavy (non-hydrogen) atoms. The Morgan fingerprint density at radius 3 is 2.58 bits per heavy atom. The molecule has 2 aromatic rings. The second-order valence-electron chi connectivity index (χ2n) is 5.66. The summed E-state index contributed by atoms with van der Waals surface area (Å²) in [5, 5.41) is 4.62. The van der Waals surface area contributed by atoms with Crippen LogP contribution in [0.1, 0.15) is 12.5 Å². The number of nitrogens with zero attached hydrogens (tertiary/aromatic N) is 2. The molecule has 0 saturated carbocycles. The molecule has 0 bridgehead atoms. The SMILES string of the molecule is C[C@H](Cc1ccccc1)N1CC(=NC(=O)Nc2ccccc2)ON1. The molecule has 1 atom stereocenters. The zero-order valence-corrected chi connectivity index (χ0v) is 13.5. The number of hydrazine groups is 1. The largest absolute Gasteiger partial charge is 0.376 e. The summed E-state index contributed by atoms with van der Waals surface area (Å²) in [7, 11) is 0. The first-order chi connectivity index (χ1) is 11.7. The van der Waals surface area contributed by atoms with Crippen LogP contribution in [0.5, 0.6) is 0 Å². The number of hydrogen-bond donors (Lipinski definition) is 2. The van der Waals surface area contributed by atoms with E-state index in [2.05, 4.69) is 35.0 Å². The van der Waals surface area contributed by atoms with Gasteiger partial charge in [-0.05, 0) is 31.0 Å². The van der Waals surface area contributed by atoms with E-state index in [9.17, 15) is 4.79 Å². The van der Waals surface area contributed by atoms with Gasteiger partial charge in [-0.25, -0.2) is 4.79 Å². The van der Waals surface area contributed by atoms with Crippen molar-refractivity contribution in [2.75, 3.05) is 11.9 Å². The Balaban J connectivity index is 1.53. The average Bonchev–Trinajstić information content (AvgIpc) is 3.05. The van der Waals surface area contributed by atoms with Gasteiger partial charge < -0.3 is 10.2 Å². The molecule has 124 valence electrons. The lowest BCUT2D eigenvalue weighted by Crippen LogP contribution is -2.39. The number of rotatable bonds is 4. The molecule has 6 nitrogen and oxygen atoms in total. The van der Waals surface area contributed by atoms with E-state index in [1.165, 1.54) is 5.56 Å². The van der Waals surface area contributed by atoms with E-state index >= 15 is 0 Å². The molecule has 2 N–H and O–H groups in total. The van der Waals surface area contributed by atoms with Gasteiger partial charge in [-0.1, -0.05) is 54.1 Å². The summed E-state index contributed by atoms with van der Waals surface area (Å²) in [4.78, 5) is 21.2. The summed E-state index contributed by atoms with van der Waals surface area (Å²) in [6.45, 7) is 2.53. The van der Waals surface area contributed by atoms with E-state index in [1.807, 2.05) is 41.4 Å². The minimum absolute atomic E-state index is 0.206. The molecule has 0 unspecified atom stereocenters. The minimum Gasteiger partial charge on any atom is -0.376 e. The fourth-order valence-corrected chi connectivity index (χ4v) is 2.48. The van der Waals surface area contributed by atoms with Gasteiger partial charge in [0.2, 0.25) is 5.90 Å². The van der Waals surface area contributed by atoms with Crippen molar-refractivity contribution in [3.63, 3.8) is 0 Å². The molecular formula is C18H20N4O2. The molecule has 6 heteroatoms. The van der Waals surface area contributed by atoms with Gasteiger partial charge in [0.25, 0.3) is 0 Å². The summed E-state index contributed by atoms with van der Waals surface area (Å²) >= 11 is 0. The van der Waals surface area contributed by atoms with Crippen LogP contribution in [0.25, 0.3) is 0 Å². The summed E-state index contributed by atoms with van der Waals surface area (Å²) < 4.78 is 0. The van der Waals surface area contributed by atoms with Crippen molar-refractivity contribution in [2.24, 2.45) is 4.99 Å². The standard InChI is InChI=1S/C18H20N4O2/c1-14(12-15-8-4-2-5-9-15)22-13-17(24-21-22)20-18(23)19-16-10-6-3-7-11-16/h2-11,14,21H,12-13H2,1H3,(H,19,23)/t14-/m1/s1. The first kappa shape index (κ1) is 16.2. The van der Waals surface area contributed by atoms with Crippen molar-refractivity contribution in [3.05, 3.63) is 66.2 Å². The van der Waals surface area contributed by atoms with Gasteiger partial charge in [0.1, 0.15) is 0 Å². The fraction of sp³-hybridized carbons (Fsp3) is 0.222. The molecule has 0 radical (unpaired) electrons. The molecule has 2 amide bonds. The predicted octanol–water partition coefficient (Wildman–Crippen LogP) is 3.00. The number of carbonyl (C=O) groups is 1. The molecular weight excluding hydrogens is 304 g/mol. The Morgan fingerprint density at radius 1 is 1.21 bits per heavy atom. The van der Waals surface area contributed by atoms with Crippen LogP contribution in [0, 0.1) is 0 Å². The molecule has 1 aliphatic heterocycles. The highest BCUT2D eigenvalue weighted by Crippen LogP contribution is 2.11. The topological polar surface area (TPSA) is 66.0 Å². The summed E-state index contributed by atoms with van der Waals surface area (Å²) in [5.74, 6) is 0.350. The maximum Gasteiger partial charge on any atom is 0.348 e. The number of aliphatic imine (C=N–C) groups is 1. The fourth-order valence-electron chi connectivity index (χ4n) is 2.48. The number of benzene rings is 2. The molecule has 1 saturated heterocycles. The number of nitrogens with one attached hydrogen (secondary N) is 2. The van der Waals surface area contributed by atoms with Crippen molar-refractivity contribution in [1.82, 2.24) is 10.6 Å². The van der Waals surface area contributed by atoms with E-state index in [0.717, 1.165) is 6.42 Å². The quantitative estimate of drug-likeness (QED) is 0.907. The maximum absolute atomic E-state index is 11.9. The number of hydrogen-bond acceptors (Lipinski definition) is 4. The Morgan fingerprint density at radius 2 is 1.88 bits per heavy atom. The number of anilines is 1. The second kappa shape index (κ2) is 7.72. The van der Waals surface area contributed by atoms with Gasteiger partial charge in [-0.2, -0.15) is 10.0 Å². The van der Waals surface area contributed by atoms with Crippen LogP contribution in [-0.2, 0) is 11.3 Å². The second-order valence-corrected chi connectivity index (χ2v) is 5.66. The predicted molar refractivity (Wildman–Crippen MR) is 93.4 cm³/mol. The highest BCUT2D eigenvalue weighted by atomic mass is 16.7. The van der Waals surface area contributed by atoms with Crippen molar-refractivity contribution in [2.45, 2.75) is 19.4 Å². The first-order valence-electron chi connectivity index (χ1n) is 7.87. The third kappa shape index (κ3) is 4.41. The van der Waals surface area contributed by atoms with E-state index in [0.29, 0.717) is 18.1 Å². The number of carbonyl (C=O) groups excluding carboxylic acids is 1. The molecule has 0 aromatic heterocycles. The minimum atomic E-state index is -0.449. The van der Waals surface area contributed by atoms with Gasteiger partial charge in [0, 0.05) is 11.7 Å². The van der Waals surface area contributed by atoms with Crippen LogP contribution in [0.2, 0.25) is 0 Å². The number of urea groups is 1. The van der Waals surface area contributed by atoms with Crippen molar-refractivity contribution in [1.29, 1.82) is 0 Å². The maximum atomic E-state index is 11.9. The lowest BCUT2D eigenvalue weighted by Gasteiger charge is -2.20. The Labute approximate surface area is 141 Å². The van der Waals surface area contributed by atoms with Crippen molar-refractivity contribution >= 4 is 17.6 Å². The number of amides is 2. The Hall–Kier alpha value is -2.70. The molecule has 1 heterocycles. The normalized spacial score (nSPS) is 17.5. The monoisotopic (exact) mass is 324 g/mol. The van der Waals surface area contributed by atoms with Crippen LogP contribution < -0.4 is 10.9 Å². The highest BCUT2D eigenvalue weighted by Gasteiger charge is 2.25. The van der Waals surface area contributed by atoms with Crippen molar-refractivity contribution < 1.29 is 9.63 Å². The lowest BCUT2D eigenvalue weighted by atomic mass is 10.1. The zero-order chi connectivity index (χ0) is 16.8. The van der Waals surface area contributed by atoms with Gasteiger partial charge in [0.05, 0.1) is 6.54 Å². The lowest BCUT2D eigenvalue weighted by molar-refractivity contribution is 0.0281. The molecule has 0 spiro atoms. The highest BCUT2D eigenvalue weighted by molar-refractivity contribution is 5.98. The smallest absolute Gasteiger partial charge is 0.348 e. The van der Waals surface area contributed by atoms with Gasteiger partial charge >= 0.3 is 6.03 Å². The van der Waals surface area contributed by atoms with E-state index < -0.39 is 6.03 Å². The molecule has 0 aliphatic carbocycles. The van der Waals surface area contributed by atoms with E-state index in [1.54, 1.807) is 12.1 Å². The van der Waals surface area contributed by atoms with Crippen LogP contribution in [0.4, 0.5) is 10.5 Å². The Bertz CT molecular complexity index is 703. The van der Waals surface area contributed by atoms with Gasteiger partial charge in [-0.15, -0.1) is 0 Å². The van der Waals surface area contributed by atoms with Crippen LogP contribution >= 0.6 is 0 Å². The molecule has 1 fully saturated rings. The van der Waals surface area contributed by atoms with Crippen LogP contribution in [-0.4, -0.2) is 29.5 Å². The molecule has 1 aliphatic rings. The van der Waals surface area contributed by atoms with Crippen LogP contribution in [0.15, 0.2) is 65.7 Å². The van der Waals surface area contributed by atoms with Crippen LogP contribution in [0.3, 0.4) is 0 Å². The summed E-state index contributed by atoms with van der Waals surface area (Å²) in [6.07, 6.45) is 0.876. The number of para-hydroxylation sites is 1. The first-order valence-corrected chi connectivity index (χ1v) is 7.87.